The van der Waals surface area contributed by atoms with Crippen molar-refractivity contribution < 1.29 is 27.8 Å². The average Bonchev–Trinajstić information content (AvgIpc) is 2.94. The molecule has 4 rings (SSSR count). The number of amides is 3. The van der Waals surface area contributed by atoms with E-state index in [1.807, 2.05) is 13.8 Å². The number of aromatic nitrogens is 4. The summed E-state index contributed by atoms with van der Waals surface area (Å²) in [4.78, 5) is 47.0. The number of halogens is 2. The van der Waals surface area contributed by atoms with Gasteiger partial charge in [0.15, 0.2) is 5.82 Å². The number of carbonyl (C=O) groups is 2. The zero-order valence-corrected chi connectivity index (χ0v) is 24.6. The molecule has 2 N–H and O–H groups in total. The molecule has 0 aromatic carbocycles. The first-order valence-corrected chi connectivity index (χ1v) is 14.0. The van der Waals surface area contributed by atoms with E-state index in [1.165, 1.54) is 31.7 Å². The molecule has 2 aliphatic heterocycles. The molecule has 0 radical (unpaired) electrons. The molecule has 230 valence electrons. The van der Waals surface area contributed by atoms with Crippen LogP contribution in [0.5, 0.6) is 5.88 Å². The quantitative estimate of drug-likeness (QED) is 0.467. The van der Waals surface area contributed by atoms with Gasteiger partial charge < -0.3 is 24.2 Å². The molecular formula is C27H39F2N9O4. The minimum absolute atomic E-state index is 0.0413. The summed E-state index contributed by atoms with van der Waals surface area (Å²) in [6.07, 6.45) is 4.73. The van der Waals surface area contributed by atoms with Crippen molar-refractivity contribution in [3.8, 4) is 5.88 Å². The van der Waals surface area contributed by atoms with E-state index in [2.05, 4.69) is 42.5 Å². The predicted molar refractivity (Wildman–Crippen MR) is 152 cm³/mol. The Bertz CT molecular complexity index is 1230. The van der Waals surface area contributed by atoms with Crippen LogP contribution in [-0.2, 0) is 4.74 Å². The van der Waals surface area contributed by atoms with Gasteiger partial charge in [0, 0.05) is 38.7 Å². The Hall–Kier alpha value is -3.88. The smallest absolute Gasteiger partial charge is 0.413 e. The lowest BCUT2D eigenvalue weighted by Gasteiger charge is -2.42. The molecule has 13 nitrogen and oxygen atoms in total. The summed E-state index contributed by atoms with van der Waals surface area (Å²) in [6.45, 7) is 7.61. The van der Waals surface area contributed by atoms with Crippen molar-refractivity contribution in [2.75, 3.05) is 62.4 Å². The van der Waals surface area contributed by atoms with Crippen molar-refractivity contribution in [3.63, 3.8) is 0 Å². The Morgan fingerprint density at radius 3 is 2.52 bits per heavy atom. The van der Waals surface area contributed by atoms with Crippen LogP contribution in [0, 0.1) is 5.92 Å². The first-order chi connectivity index (χ1) is 19.9. The molecule has 3 amide bonds. The van der Waals surface area contributed by atoms with Crippen LogP contribution in [0.3, 0.4) is 0 Å². The van der Waals surface area contributed by atoms with E-state index in [1.54, 1.807) is 11.8 Å². The van der Waals surface area contributed by atoms with Crippen LogP contribution < -0.4 is 20.3 Å². The number of ether oxygens (including phenoxy) is 2. The predicted octanol–water partition coefficient (Wildman–Crippen LogP) is 3.71. The van der Waals surface area contributed by atoms with E-state index in [-0.39, 0.29) is 42.5 Å². The van der Waals surface area contributed by atoms with Gasteiger partial charge in [-0.05, 0) is 59.8 Å². The van der Waals surface area contributed by atoms with Gasteiger partial charge in [0.05, 0.1) is 19.0 Å². The van der Waals surface area contributed by atoms with Crippen LogP contribution in [0.15, 0.2) is 24.7 Å². The maximum Gasteiger partial charge on any atom is 0.413 e. The zero-order chi connectivity index (χ0) is 30.5. The number of hydrogen-bond donors (Lipinski definition) is 2. The maximum atomic E-state index is 15.0. The fraction of sp³-hybridized carbons (Fsp3) is 0.630. The Labute approximate surface area is 244 Å². The lowest BCUT2D eigenvalue weighted by Crippen LogP contribution is -2.60. The van der Waals surface area contributed by atoms with Crippen LogP contribution in [0.2, 0.25) is 0 Å². The number of likely N-dealkylation sites (tertiary alicyclic amines) is 1. The molecule has 2 saturated heterocycles. The summed E-state index contributed by atoms with van der Waals surface area (Å²) in [5.41, 5.74) is -0.672. The second kappa shape index (κ2) is 13.0. The van der Waals surface area contributed by atoms with E-state index in [4.69, 9.17) is 9.47 Å². The van der Waals surface area contributed by atoms with Gasteiger partial charge in [0.2, 0.25) is 11.8 Å². The van der Waals surface area contributed by atoms with Crippen molar-refractivity contribution in [2.45, 2.75) is 57.6 Å². The zero-order valence-electron chi connectivity index (χ0n) is 24.6. The number of alkyl halides is 2. The van der Waals surface area contributed by atoms with Crippen LogP contribution in [-0.4, -0.2) is 106 Å². The van der Waals surface area contributed by atoms with Gasteiger partial charge in [-0.25, -0.2) is 33.3 Å². The second-order valence-corrected chi connectivity index (χ2v) is 11.1. The number of anilines is 3. The largest absolute Gasteiger partial charge is 0.477 e. The molecule has 42 heavy (non-hydrogen) atoms. The van der Waals surface area contributed by atoms with Gasteiger partial charge in [-0.15, -0.1) is 0 Å². The average molecular weight is 592 g/mol. The number of piperidine rings is 2. The summed E-state index contributed by atoms with van der Waals surface area (Å²) >= 11 is 0. The number of rotatable bonds is 8. The Morgan fingerprint density at radius 2 is 1.86 bits per heavy atom. The molecule has 2 aromatic rings. The third-order valence-corrected chi connectivity index (χ3v) is 7.75. The maximum absolute atomic E-state index is 15.0. The van der Waals surface area contributed by atoms with Crippen LogP contribution in [0.1, 0.15) is 40.0 Å². The van der Waals surface area contributed by atoms with Gasteiger partial charge in [0.25, 0.3) is 5.92 Å². The van der Waals surface area contributed by atoms with E-state index in [0.717, 1.165) is 30.8 Å². The van der Waals surface area contributed by atoms with E-state index >= 15 is 8.78 Å². The Balaban J connectivity index is 1.38. The highest BCUT2D eigenvalue weighted by atomic mass is 19.3. The van der Waals surface area contributed by atoms with Gasteiger partial charge in [0.1, 0.15) is 17.5 Å². The monoisotopic (exact) mass is 591 g/mol. The SMILES string of the molecule is CCOc1cnc(NC(=O)N(C)[C@H]2CN(c3nccc(NC(=O)OC(C)(C)C4CCN(C)CC4)n3)CCC2(F)F)cn1. The molecule has 1 atom stereocenters. The van der Waals surface area contributed by atoms with Crippen molar-refractivity contribution in [2.24, 2.45) is 5.92 Å². The third-order valence-electron chi connectivity index (χ3n) is 7.75. The van der Waals surface area contributed by atoms with Crippen LogP contribution in [0.4, 0.5) is 36.0 Å². The first kappa shape index (κ1) is 31.1. The minimum Gasteiger partial charge on any atom is -0.477 e. The van der Waals surface area contributed by atoms with Crippen LogP contribution >= 0.6 is 0 Å². The van der Waals surface area contributed by atoms with Crippen molar-refractivity contribution >= 4 is 29.7 Å². The van der Waals surface area contributed by atoms with Crippen LogP contribution in [0.25, 0.3) is 0 Å². The van der Waals surface area contributed by atoms with Gasteiger partial charge in [-0.3, -0.25) is 10.6 Å². The standard InChI is InChI=1S/C27H39F2N9O4/c1-6-41-22-16-31-21(15-32-22)34-24(39)37(5)19-17-38(14-10-27(19,28)29)23-30-11-7-20(33-23)35-25(40)42-26(2,3)18-8-12-36(4)13-9-18/h7,11,15-16,18-19H,6,8-10,12-14,17H2,1-5H3,(H,31,34,39)(H,30,33,35,40)/t19-/m0/s1. The molecule has 0 spiro atoms. The van der Waals surface area contributed by atoms with E-state index < -0.39 is 36.1 Å². The first-order valence-electron chi connectivity index (χ1n) is 14.0. The summed E-state index contributed by atoms with van der Waals surface area (Å²) in [6, 6.07) is -0.755. The van der Waals surface area contributed by atoms with Crippen molar-refractivity contribution in [1.29, 1.82) is 0 Å². The van der Waals surface area contributed by atoms with Crippen molar-refractivity contribution in [1.82, 2.24) is 29.7 Å². The number of urea groups is 1. The van der Waals surface area contributed by atoms with Gasteiger partial charge in [-0.2, -0.15) is 4.98 Å². The Morgan fingerprint density at radius 1 is 1.12 bits per heavy atom. The number of carbonyl (C=O) groups excluding carboxylic acids is 2. The Kier molecular flexibility index (Phi) is 9.59. The molecule has 2 aromatic heterocycles. The molecule has 2 aliphatic rings. The number of hydrogen-bond acceptors (Lipinski definition) is 10. The highest BCUT2D eigenvalue weighted by Crippen LogP contribution is 2.34. The summed E-state index contributed by atoms with van der Waals surface area (Å²) < 4.78 is 41.0. The fourth-order valence-electron chi connectivity index (χ4n) is 5.14. The molecule has 0 bridgehead atoms. The molecule has 15 heteroatoms. The third kappa shape index (κ3) is 7.69. The molecular weight excluding hydrogens is 552 g/mol. The molecule has 0 aliphatic carbocycles. The molecule has 2 fully saturated rings. The number of nitrogens with one attached hydrogen (secondary N) is 2. The molecule has 0 unspecified atom stereocenters. The highest BCUT2D eigenvalue weighted by Gasteiger charge is 2.48. The topological polar surface area (TPSA) is 138 Å². The van der Waals surface area contributed by atoms with Crippen molar-refractivity contribution in [3.05, 3.63) is 24.7 Å². The lowest BCUT2D eigenvalue weighted by molar-refractivity contribution is -0.0760. The van der Waals surface area contributed by atoms with Gasteiger partial charge >= 0.3 is 12.1 Å². The van der Waals surface area contributed by atoms with E-state index in [9.17, 15) is 9.59 Å². The fourth-order valence-corrected chi connectivity index (χ4v) is 5.14. The summed E-state index contributed by atoms with van der Waals surface area (Å²) in [5.74, 6) is -2.23. The summed E-state index contributed by atoms with van der Waals surface area (Å²) in [7, 11) is 3.36. The summed E-state index contributed by atoms with van der Waals surface area (Å²) in [5, 5.41) is 5.13. The second-order valence-electron chi connectivity index (χ2n) is 11.1. The lowest BCUT2D eigenvalue weighted by atomic mass is 9.83. The van der Waals surface area contributed by atoms with E-state index in [0.29, 0.717) is 6.61 Å². The highest BCUT2D eigenvalue weighted by molar-refractivity contribution is 5.88. The molecule has 4 heterocycles. The number of likely N-dealkylation sites (N-methyl/N-ethyl adjacent to an activating group) is 1. The van der Waals surface area contributed by atoms with Gasteiger partial charge in [-0.1, -0.05) is 0 Å². The number of nitrogens with zero attached hydrogens (tertiary/aromatic N) is 7. The molecule has 0 saturated carbocycles. The minimum atomic E-state index is -3.16. The normalized spacial score (nSPS) is 19.6.